The fourth-order valence-corrected chi connectivity index (χ4v) is 1.75. The van der Waals surface area contributed by atoms with Gasteiger partial charge in [-0.2, -0.15) is 0 Å². The van der Waals surface area contributed by atoms with E-state index in [1.54, 1.807) is 0 Å². The van der Waals surface area contributed by atoms with Crippen LogP contribution in [-0.2, 0) is 12.8 Å². The maximum absolute atomic E-state index is 5.68. The van der Waals surface area contributed by atoms with Crippen molar-refractivity contribution in [2.24, 2.45) is 0 Å². The van der Waals surface area contributed by atoms with Gasteiger partial charge >= 0.3 is 0 Å². The van der Waals surface area contributed by atoms with Crippen molar-refractivity contribution in [3.8, 4) is 0 Å². The summed E-state index contributed by atoms with van der Waals surface area (Å²) in [5, 5.41) is 0. The first-order valence-corrected chi connectivity index (χ1v) is 4.23. The van der Waals surface area contributed by atoms with Gasteiger partial charge in [-0.1, -0.05) is 23.7 Å². The predicted molar refractivity (Wildman–Crippen MR) is 48.5 cm³/mol. The Labute approximate surface area is 69.0 Å². The Bertz CT molecular complexity index is 266. The second-order valence-corrected chi connectivity index (χ2v) is 3.24. The first-order valence-electron chi connectivity index (χ1n) is 4.23. The molecule has 1 heteroatoms. The normalized spacial score (nSPS) is 16.0. The lowest BCUT2D eigenvalue weighted by atomic mass is 9.86. The molecule has 11 heavy (non-hydrogen) atoms. The maximum atomic E-state index is 5.68. The van der Waals surface area contributed by atoms with Gasteiger partial charge in [0.1, 0.15) is 7.85 Å². The Morgan fingerprint density at radius 1 is 1.00 bits per heavy atom. The summed E-state index contributed by atoms with van der Waals surface area (Å²) in [6.45, 7) is 0. The van der Waals surface area contributed by atoms with Gasteiger partial charge in [0.05, 0.1) is 0 Å². The molecule has 0 N–H and O–H groups in total. The van der Waals surface area contributed by atoms with Crippen LogP contribution in [0.5, 0.6) is 0 Å². The molecule has 0 nitrogen and oxygen atoms in total. The average Bonchev–Trinajstić information content (AvgIpc) is 2.04. The van der Waals surface area contributed by atoms with Crippen molar-refractivity contribution in [2.75, 3.05) is 0 Å². The number of aryl methyl sites for hydroxylation is 2. The summed E-state index contributed by atoms with van der Waals surface area (Å²) in [6, 6.07) is 6.29. The molecule has 0 aliphatic heterocycles. The van der Waals surface area contributed by atoms with Crippen molar-refractivity contribution in [1.29, 1.82) is 0 Å². The van der Waals surface area contributed by atoms with Gasteiger partial charge in [0.2, 0.25) is 0 Å². The third-order valence-electron chi connectivity index (χ3n) is 2.37. The summed E-state index contributed by atoms with van der Waals surface area (Å²) in [4.78, 5) is 0. The Morgan fingerprint density at radius 2 is 1.73 bits per heavy atom. The minimum Gasteiger partial charge on any atom is -0.0964 e. The topological polar surface area (TPSA) is 0 Å². The van der Waals surface area contributed by atoms with Crippen molar-refractivity contribution in [3.05, 3.63) is 29.3 Å². The van der Waals surface area contributed by atoms with Crippen LogP contribution in [-0.4, -0.2) is 7.85 Å². The molecule has 2 radical (unpaired) electrons. The third kappa shape index (κ3) is 1.32. The Kier molecular flexibility index (Phi) is 1.73. The minimum atomic E-state index is 0.908. The van der Waals surface area contributed by atoms with Crippen molar-refractivity contribution < 1.29 is 0 Å². The lowest BCUT2D eigenvalue weighted by Gasteiger charge is -2.15. The number of hydrogen-bond donors (Lipinski definition) is 0. The van der Waals surface area contributed by atoms with E-state index in [1.807, 2.05) is 6.07 Å². The number of benzene rings is 1. The maximum Gasteiger partial charge on any atom is 0.113 e. The van der Waals surface area contributed by atoms with Gasteiger partial charge in [-0.3, -0.25) is 0 Å². The smallest absolute Gasteiger partial charge is 0.0964 e. The van der Waals surface area contributed by atoms with Crippen LogP contribution in [0, 0.1) is 0 Å². The van der Waals surface area contributed by atoms with Crippen LogP contribution < -0.4 is 5.46 Å². The Balaban J connectivity index is 2.43. The van der Waals surface area contributed by atoms with Crippen LogP contribution in [0.3, 0.4) is 0 Å². The van der Waals surface area contributed by atoms with Gasteiger partial charge in [0.15, 0.2) is 0 Å². The van der Waals surface area contributed by atoms with Crippen LogP contribution >= 0.6 is 0 Å². The lowest BCUT2D eigenvalue weighted by Crippen LogP contribution is -2.09. The second-order valence-electron chi connectivity index (χ2n) is 3.24. The first-order chi connectivity index (χ1) is 5.36. The molecule has 0 fully saturated rings. The molecule has 0 saturated carbocycles. The van der Waals surface area contributed by atoms with E-state index in [0.717, 1.165) is 5.46 Å². The number of rotatable bonds is 0. The van der Waals surface area contributed by atoms with Gasteiger partial charge in [-0.15, -0.1) is 0 Å². The zero-order valence-corrected chi connectivity index (χ0v) is 6.64. The lowest BCUT2D eigenvalue weighted by molar-refractivity contribution is 0.686. The first kappa shape index (κ1) is 6.96. The molecule has 0 saturated heterocycles. The zero-order valence-electron chi connectivity index (χ0n) is 6.64. The van der Waals surface area contributed by atoms with E-state index in [0.29, 0.717) is 0 Å². The summed E-state index contributed by atoms with van der Waals surface area (Å²) in [5.74, 6) is 0. The minimum absolute atomic E-state index is 0.908. The Morgan fingerprint density at radius 3 is 2.55 bits per heavy atom. The highest BCUT2D eigenvalue weighted by Crippen LogP contribution is 2.19. The van der Waals surface area contributed by atoms with Gasteiger partial charge in [0, 0.05) is 0 Å². The summed E-state index contributed by atoms with van der Waals surface area (Å²) in [6.07, 6.45) is 5.14. The fourth-order valence-electron chi connectivity index (χ4n) is 1.75. The molecule has 0 spiro atoms. The van der Waals surface area contributed by atoms with E-state index in [2.05, 4.69) is 12.1 Å². The highest BCUT2D eigenvalue weighted by atomic mass is 14.1. The van der Waals surface area contributed by atoms with E-state index < -0.39 is 0 Å². The monoisotopic (exact) mass is 142 g/mol. The quantitative estimate of drug-likeness (QED) is 0.479. The van der Waals surface area contributed by atoms with Gasteiger partial charge in [-0.25, -0.2) is 0 Å². The summed E-state index contributed by atoms with van der Waals surface area (Å²) in [7, 11) is 5.68. The SMILES string of the molecule is [B]c1ccc2c(c1)CCCC2. The molecular formula is C10H11B. The molecule has 1 aromatic rings. The standard InChI is InChI=1S/C10H11B/c11-10-6-5-8-3-1-2-4-9(8)7-10/h5-7H,1-4H2. The van der Waals surface area contributed by atoms with Crippen LogP contribution in [0.15, 0.2) is 18.2 Å². The van der Waals surface area contributed by atoms with E-state index in [4.69, 9.17) is 7.85 Å². The molecule has 0 bridgehead atoms. The van der Waals surface area contributed by atoms with Crippen molar-refractivity contribution in [2.45, 2.75) is 25.7 Å². The molecule has 1 aliphatic carbocycles. The molecular weight excluding hydrogens is 131 g/mol. The van der Waals surface area contributed by atoms with Gasteiger partial charge in [0.25, 0.3) is 0 Å². The molecule has 0 unspecified atom stereocenters. The highest BCUT2D eigenvalue weighted by Gasteiger charge is 2.07. The van der Waals surface area contributed by atoms with E-state index in [-0.39, 0.29) is 0 Å². The van der Waals surface area contributed by atoms with Crippen LogP contribution in [0.1, 0.15) is 24.0 Å². The molecule has 0 amide bonds. The van der Waals surface area contributed by atoms with Gasteiger partial charge in [-0.05, 0) is 36.8 Å². The molecule has 0 atom stereocenters. The van der Waals surface area contributed by atoms with Crippen molar-refractivity contribution in [1.82, 2.24) is 0 Å². The fraction of sp³-hybridized carbons (Fsp3) is 0.400. The van der Waals surface area contributed by atoms with Crippen LogP contribution in [0.25, 0.3) is 0 Å². The molecule has 0 aromatic heterocycles. The number of hydrogen-bond acceptors (Lipinski definition) is 0. The Hall–Kier alpha value is -0.715. The van der Waals surface area contributed by atoms with Crippen LogP contribution in [0.4, 0.5) is 0 Å². The van der Waals surface area contributed by atoms with E-state index in [1.165, 1.54) is 36.8 Å². The third-order valence-corrected chi connectivity index (χ3v) is 2.37. The largest absolute Gasteiger partial charge is 0.113 e. The van der Waals surface area contributed by atoms with Crippen LogP contribution in [0.2, 0.25) is 0 Å². The summed E-state index contributed by atoms with van der Waals surface area (Å²) >= 11 is 0. The zero-order chi connectivity index (χ0) is 7.68. The predicted octanol–water partition coefficient (Wildman–Crippen LogP) is 1.36. The average molecular weight is 142 g/mol. The number of fused-ring (bicyclic) bond motifs is 1. The highest BCUT2D eigenvalue weighted by molar-refractivity contribution is 6.32. The van der Waals surface area contributed by atoms with E-state index >= 15 is 0 Å². The molecule has 2 rings (SSSR count). The second kappa shape index (κ2) is 2.73. The summed E-state index contributed by atoms with van der Waals surface area (Å²) in [5.41, 5.74) is 3.88. The summed E-state index contributed by atoms with van der Waals surface area (Å²) < 4.78 is 0. The molecule has 0 heterocycles. The molecule has 54 valence electrons. The van der Waals surface area contributed by atoms with Crippen molar-refractivity contribution >= 4 is 13.3 Å². The van der Waals surface area contributed by atoms with Crippen molar-refractivity contribution in [3.63, 3.8) is 0 Å². The van der Waals surface area contributed by atoms with E-state index in [9.17, 15) is 0 Å². The van der Waals surface area contributed by atoms with Gasteiger partial charge < -0.3 is 0 Å². The molecule has 1 aromatic carbocycles. The molecule has 1 aliphatic rings.